The van der Waals surface area contributed by atoms with Crippen molar-refractivity contribution in [2.24, 2.45) is 0 Å². The third-order valence-corrected chi connectivity index (χ3v) is 1.61. The lowest BCUT2D eigenvalue weighted by molar-refractivity contribution is -0.138. The van der Waals surface area contributed by atoms with Crippen LogP contribution in [0.2, 0.25) is 0 Å². The lowest BCUT2D eigenvalue weighted by Crippen LogP contribution is -2.08. The van der Waals surface area contributed by atoms with Gasteiger partial charge in [-0.3, -0.25) is 0 Å². The Kier molecular flexibility index (Phi) is 3.33. The molecule has 0 bridgehead atoms. The Morgan fingerprint density at radius 1 is 1.75 bits per heavy atom. The van der Waals surface area contributed by atoms with E-state index in [-0.39, 0.29) is 5.97 Å². The van der Waals surface area contributed by atoms with E-state index < -0.39 is 0 Å². The molecule has 0 aromatic carbocycles. The first kappa shape index (κ1) is 8.78. The number of esters is 1. The molecule has 0 fully saturated rings. The number of carbonyl (C=O) groups is 1. The Labute approximate surface area is 72.2 Å². The minimum Gasteiger partial charge on any atom is -0.458 e. The van der Waals surface area contributed by atoms with Crippen LogP contribution in [0.25, 0.3) is 0 Å². The van der Waals surface area contributed by atoms with Crippen LogP contribution >= 0.6 is 0 Å². The van der Waals surface area contributed by atoms with Gasteiger partial charge in [0.1, 0.15) is 6.61 Å². The number of allylic oxidation sites excluding steroid dienone is 3. The van der Waals surface area contributed by atoms with E-state index in [1.54, 1.807) is 12.2 Å². The van der Waals surface area contributed by atoms with Gasteiger partial charge >= 0.3 is 5.97 Å². The van der Waals surface area contributed by atoms with Gasteiger partial charge in [-0.05, 0) is 12.8 Å². The Morgan fingerprint density at radius 3 is 3.17 bits per heavy atom. The second-order valence-corrected chi connectivity index (χ2v) is 2.55. The number of rotatable bonds is 3. The Morgan fingerprint density at radius 2 is 2.58 bits per heavy atom. The summed E-state index contributed by atoms with van der Waals surface area (Å²) in [7, 11) is 0. The number of hydrogen-bond donors (Lipinski definition) is 0. The van der Waals surface area contributed by atoms with Crippen LogP contribution in [-0.4, -0.2) is 12.6 Å². The van der Waals surface area contributed by atoms with Crippen molar-refractivity contribution in [1.82, 2.24) is 0 Å². The van der Waals surface area contributed by atoms with E-state index in [9.17, 15) is 4.79 Å². The molecule has 1 aliphatic rings. The van der Waals surface area contributed by atoms with Crippen LogP contribution in [0.4, 0.5) is 0 Å². The largest absolute Gasteiger partial charge is 0.458 e. The van der Waals surface area contributed by atoms with Gasteiger partial charge in [0.2, 0.25) is 0 Å². The van der Waals surface area contributed by atoms with Crippen molar-refractivity contribution < 1.29 is 9.53 Å². The molecule has 64 valence electrons. The van der Waals surface area contributed by atoms with Crippen molar-refractivity contribution in [3.8, 4) is 0 Å². The predicted octanol–water partition coefficient (Wildman–Crippen LogP) is 1.99. The monoisotopic (exact) mass is 164 g/mol. The molecule has 0 aliphatic heterocycles. The maximum atomic E-state index is 11.2. The van der Waals surface area contributed by atoms with Gasteiger partial charge in [0.25, 0.3) is 0 Å². The van der Waals surface area contributed by atoms with Gasteiger partial charge in [-0.25, -0.2) is 4.79 Å². The minimum absolute atomic E-state index is 0.223. The van der Waals surface area contributed by atoms with Gasteiger partial charge in [-0.2, -0.15) is 0 Å². The first-order valence-electron chi connectivity index (χ1n) is 3.98. The van der Waals surface area contributed by atoms with Gasteiger partial charge in [-0.1, -0.05) is 30.9 Å². The molecular weight excluding hydrogens is 152 g/mol. The average molecular weight is 164 g/mol. The molecule has 0 heterocycles. The summed E-state index contributed by atoms with van der Waals surface area (Å²) in [6.07, 6.45) is 8.99. The molecule has 0 saturated heterocycles. The van der Waals surface area contributed by atoms with Crippen molar-refractivity contribution in [2.45, 2.75) is 12.8 Å². The Hall–Kier alpha value is -1.31. The molecule has 0 saturated carbocycles. The summed E-state index contributed by atoms with van der Waals surface area (Å²) in [5.41, 5.74) is 0.749. The van der Waals surface area contributed by atoms with Crippen molar-refractivity contribution in [3.05, 3.63) is 36.5 Å². The second kappa shape index (κ2) is 4.54. The van der Waals surface area contributed by atoms with Gasteiger partial charge in [-0.15, -0.1) is 0 Å². The highest BCUT2D eigenvalue weighted by molar-refractivity contribution is 5.89. The topological polar surface area (TPSA) is 26.3 Å². The summed E-state index contributed by atoms with van der Waals surface area (Å²) in [6.45, 7) is 3.76. The van der Waals surface area contributed by atoms with Crippen LogP contribution in [0.3, 0.4) is 0 Å². The zero-order valence-electron chi connectivity index (χ0n) is 6.95. The van der Waals surface area contributed by atoms with Crippen LogP contribution in [0.15, 0.2) is 36.5 Å². The Bertz CT molecular complexity index is 236. The quantitative estimate of drug-likeness (QED) is 0.471. The molecular formula is C10H12O2. The molecule has 12 heavy (non-hydrogen) atoms. The second-order valence-electron chi connectivity index (χ2n) is 2.55. The first-order chi connectivity index (χ1) is 5.84. The molecule has 0 spiro atoms. The standard InChI is InChI=1S/C10H12O2/c1-2-8-12-10(11)9-6-4-3-5-7-9/h2-4,6H,1,5,7-8H2. The summed E-state index contributed by atoms with van der Waals surface area (Å²) in [4.78, 5) is 11.2. The molecule has 0 unspecified atom stereocenters. The molecule has 0 radical (unpaired) electrons. The van der Waals surface area contributed by atoms with Crippen molar-refractivity contribution in [3.63, 3.8) is 0 Å². The zero-order valence-corrected chi connectivity index (χ0v) is 6.95. The van der Waals surface area contributed by atoms with E-state index in [1.165, 1.54) is 0 Å². The predicted molar refractivity (Wildman–Crippen MR) is 47.6 cm³/mol. The highest BCUT2D eigenvalue weighted by atomic mass is 16.5. The first-order valence-corrected chi connectivity index (χ1v) is 3.98. The molecule has 0 aromatic heterocycles. The number of carbonyl (C=O) groups excluding carboxylic acids is 1. The maximum Gasteiger partial charge on any atom is 0.334 e. The zero-order chi connectivity index (χ0) is 8.81. The summed E-state index contributed by atoms with van der Waals surface area (Å²) < 4.78 is 4.87. The fraction of sp³-hybridized carbons (Fsp3) is 0.300. The normalized spacial score (nSPS) is 15.2. The lowest BCUT2D eigenvalue weighted by Gasteiger charge is -2.06. The van der Waals surface area contributed by atoms with E-state index in [0.717, 1.165) is 18.4 Å². The highest BCUT2D eigenvalue weighted by Gasteiger charge is 2.09. The molecule has 2 heteroatoms. The smallest absolute Gasteiger partial charge is 0.334 e. The molecule has 1 rings (SSSR count). The van der Waals surface area contributed by atoms with E-state index in [2.05, 4.69) is 6.58 Å². The molecule has 2 nitrogen and oxygen atoms in total. The Balaban J connectivity index is 2.45. The van der Waals surface area contributed by atoms with E-state index >= 15 is 0 Å². The van der Waals surface area contributed by atoms with Crippen LogP contribution in [-0.2, 0) is 9.53 Å². The third-order valence-electron chi connectivity index (χ3n) is 1.61. The van der Waals surface area contributed by atoms with Crippen molar-refractivity contribution >= 4 is 5.97 Å². The van der Waals surface area contributed by atoms with Gasteiger partial charge in [0, 0.05) is 5.57 Å². The summed E-state index contributed by atoms with van der Waals surface area (Å²) in [5, 5.41) is 0. The average Bonchev–Trinajstić information content (AvgIpc) is 2.15. The molecule has 0 amide bonds. The SMILES string of the molecule is C=CCOC(=O)C1=CC=CCC1. The van der Waals surface area contributed by atoms with Crippen LogP contribution in [0.1, 0.15) is 12.8 Å². The van der Waals surface area contributed by atoms with Gasteiger partial charge in [0.15, 0.2) is 0 Å². The van der Waals surface area contributed by atoms with E-state index in [1.807, 2.05) is 12.2 Å². The number of hydrogen-bond acceptors (Lipinski definition) is 2. The maximum absolute atomic E-state index is 11.2. The van der Waals surface area contributed by atoms with Crippen LogP contribution < -0.4 is 0 Å². The van der Waals surface area contributed by atoms with Gasteiger partial charge < -0.3 is 4.74 Å². The van der Waals surface area contributed by atoms with Crippen LogP contribution in [0, 0.1) is 0 Å². The number of ether oxygens (including phenoxy) is 1. The molecule has 1 aliphatic carbocycles. The van der Waals surface area contributed by atoms with Crippen molar-refractivity contribution in [1.29, 1.82) is 0 Å². The van der Waals surface area contributed by atoms with E-state index in [0.29, 0.717) is 6.61 Å². The highest BCUT2D eigenvalue weighted by Crippen LogP contribution is 2.12. The van der Waals surface area contributed by atoms with Crippen molar-refractivity contribution in [2.75, 3.05) is 6.61 Å². The fourth-order valence-electron chi connectivity index (χ4n) is 1.00. The summed E-state index contributed by atoms with van der Waals surface area (Å²) in [5.74, 6) is -0.223. The third kappa shape index (κ3) is 2.38. The molecule has 0 aromatic rings. The summed E-state index contributed by atoms with van der Waals surface area (Å²) >= 11 is 0. The van der Waals surface area contributed by atoms with Gasteiger partial charge in [0.05, 0.1) is 0 Å². The summed E-state index contributed by atoms with van der Waals surface area (Å²) in [6, 6.07) is 0. The molecule has 0 atom stereocenters. The van der Waals surface area contributed by atoms with Crippen LogP contribution in [0.5, 0.6) is 0 Å². The lowest BCUT2D eigenvalue weighted by atomic mass is 10.1. The molecule has 0 N–H and O–H groups in total. The van der Waals surface area contributed by atoms with E-state index in [4.69, 9.17) is 4.74 Å². The fourth-order valence-corrected chi connectivity index (χ4v) is 1.00. The minimum atomic E-state index is -0.223.